The zero-order valence-corrected chi connectivity index (χ0v) is 20.2. The van der Waals surface area contributed by atoms with Crippen molar-refractivity contribution < 1.29 is 23.8 Å². The van der Waals surface area contributed by atoms with Crippen LogP contribution in [0.15, 0.2) is 58.4 Å². The molecule has 1 amide bonds. The molecule has 1 fully saturated rings. The monoisotopic (exact) mass is 480 g/mol. The highest BCUT2D eigenvalue weighted by Crippen LogP contribution is 2.35. The maximum atomic E-state index is 12.6. The molecule has 4 rings (SSSR count). The number of carbonyl (C=O) groups excluding carboxylic acids is 2. The summed E-state index contributed by atoms with van der Waals surface area (Å²) in [5, 5.41) is 0.639. The van der Waals surface area contributed by atoms with Crippen molar-refractivity contribution in [2.75, 3.05) is 26.8 Å². The lowest BCUT2D eigenvalue weighted by atomic mass is 9.99. The second kappa shape index (κ2) is 11.2. The number of benzene rings is 2. The average Bonchev–Trinajstić information content (AvgIpc) is 3.24. The average molecular weight is 481 g/mol. The second-order valence-electron chi connectivity index (χ2n) is 8.03. The SMILES string of the molecule is CCOC(=O)C1CCCN(C2=NC(=O)C(=Cc3ccc(OCc4ccccc4)c(OC)c3)S2)C1. The van der Waals surface area contributed by atoms with E-state index in [4.69, 9.17) is 14.2 Å². The van der Waals surface area contributed by atoms with E-state index in [1.54, 1.807) is 13.2 Å². The molecule has 34 heavy (non-hydrogen) atoms. The van der Waals surface area contributed by atoms with Crippen LogP contribution in [0.5, 0.6) is 11.5 Å². The van der Waals surface area contributed by atoms with E-state index < -0.39 is 0 Å². The number of thioether (sulfide) groups is 1. The van der Waals surface area contributed by atoms with E-state index >= 15 is 0 Å². The van der Waals surface area contributed by atoms with Crippen molar-refractivity contribution in [1.82, 2.24) is 4.90 Å². The van der Waals surface area contributed by atoms with Crippen LogP contribution in [0.4, 0.5) is 0 Å². The number of amides is 1. The molecule has 2 heterocycles. The van der Waals surface area contributed by atoms with Gasteiger partial charge in [-0.2, -0.15) is 4.99 Å². The summed E-state index contributed by atoms with van der Waals surface area (Å²) in [5.74, 6) is 0.582. The number of carbonyl (C=O) groups is 2. The molecule has 0 N–H and O–H groups in total. The molecule has 2 aromatic rings. The number of esters is 1. The van der Waals surface area contributed by atoms with Gasteiger partial charge in [0.1, 0.15) is 6.61 Å². The summed E-state index contributed by atoms with van der Waals surface area (Å²) >= 11 is 1.34. The van der Waals surface area contributed by atoms with Gasteiger partial charge < -0.3 is 19.1 Å². The first-order valence-electron chi connectivity index (χ1n) is 11.4. The van der Waals surface area contributed by atoms with Gasteiger partial charge in [0, 0.05) is 13.1 Å². The van der Waals surface area contributed by atoms with Crippen LogP contribution in [-0.2, 0) is 20.9 Å². The van der Waals surface area contributed by atoms with E-state index in [1.807, 2.05) is 60.4 Å². The molecule has 7 nitrogen and oxygen atoms in total. The van der Waals surface area contributed by atoms with E-state index in [9.17, 15) is 9.59 Å². The van der Waals surface area contributed by atoms with Crippen LogP contribution in [0.3, 0.4) is 0 Å². The minimum Gasteiger partial charge on any atom is -0.493 e. The highest BCUT2D eigenvalue weighted by molar-refractivity contribution is 8.18. The van der Waals surface area contributed by atoms with Gasteiger partial charge in [-0.05, 0) is 60.9 Å². The van der Waals surface area contributed by atoms with Crippen molar-refractivity contribution in [3.05, 3.63) is 64.6 Å². The molecule has 1 unspecified atom stereocenters. The molecule has 1 saturated heterocycles. The highest BCUT2D eigenvalue weighted by Gasteiger charge is 2.32. The number of hydrogen-bond acceptors (Lipinski definition) is 7. The number of likely N-dealkylation sites (tertiary alicyclic amines) is 1. The minimum absolute atomic E-state index is 0.181. The Balaban J connectivity index is 1.42. The van der Waals surface area contributed by atoms with Gasteiger partial charge in [0.25, 0.3) is 5.91 Å². The first-order valence-corrected chi connectivity index (χ1v) is 12.2. The highest BCUT2D eigenvalue weighted by atomic mass is 32.2. The number of ether oxygens (including phenoxy) is 3. The summed E-state index contributed by atoms with van der Waals surface area (Å²) in [6.07, 6.45) is 3.46. The molecule has 0 bridgehead atoms. The van der Waals surface area contributed by atoms with Crippen molar-refractivity contribution in [1.29, 1.82) is 0 Å². The molecule has 8 heteroatoms. The van der Waals surface area contributed by atoms with E-state index in [1.165, 1.54) is 11.8 Å². The predicted octanol–water partition coefficient (Wildman–Crippen LogP) is 4.52. The zero-order chi connectivity index (χ0) is 23.9. The molecular weight excluding hydrogens is 452 g/mol. The lowest BCUT2D eigenvalue weighted by Gasteiger charge is -2.32. The van der Waals surface area contributed by atoms with E-state index in [0.29, 0.717) is 41.3 Å². The van der Waals surface area contributed by atoms with E-state index in [-0.39, 0.29) is 17.8 Å². The van der Waals surface area contributed by atoms with Gasteiger partial charge in [0.2, 0.25) is 0 Å². The van der Waals surface area contributed by atoms with Crippen LogP contribution in [-0.4, -0.2) is 48.8 Å². The van der Waals surface area contributed by atoms with Gasteiger partial charge in [-0.3, -0.25) is 9.59 Å². The zero-order valence-electron chi connectivity index (χ0n) is 19.4. The number of aliphatic imine (C=N–C) groups is 1. The van der Waals surface area contributed by atoms with Gasteiger partial charge in [-0.1, -0.05) is 36.4 Å². The summed E-state index contributed by atoms with van der Waals surface area (Å²) in [5.41, 5.74) is 1.88. The molecule has 0 spiro atoms. The Morgan fingerprint density at radius 3 is 2.79 bits per heavy atom. The topological polar surface area (TPSA) is 77.4 Å². The molecule has 2 aliphatic heterocycles. The maximum Gasteiger partial charge on any atom is 0.310 e. The Morgan fingerprint density at radius 2 is 2.03 bits per heavy atom. The number of rotatable bonds is 7. The van der Waals surface area contributed by atoms with Gasteiger partial charge in [-0.15, -0.1) is 0 Å². The van der Waals surface area contributed by atoms with Gasteiger partial charge in [-0.25, -0.2) is 0 Å². The first kappa shape index (κ1) is 23.9. The number of piperidine rings is 1. The predicted molar refractivity (Wildman–Crippen MR) is 133 cm³/mol. The second-order valence-corrected chi connectivity index (χ2v) is 9.04. The van der Waals surface area contributed by atoms with Gasteiger partial charge in [0.15, 0.2) is 16.7 Å². The van der Waals surface area contributed by atoms with Crippen LogP contribution in [0.2, 0.25) is 0 Å². The van der Waals surface area contributed by atoms with Crippen molar-refractivity contribution in [2.45, 2.75) is 26.4 Å². The Morgan fingerprint density at radius 1 is 1.21 bits per heavy atom. The summed E-state index contributed by atoms with van der Waals surface area (Å²) in [6.45, 7) is 3.90. The fraction of sp³-hybridized carbons (Fsp3) is 0.346. The minimum atomic E-state index is -0.276. The molecule has 1 atom stereocenters. The van der Waals surface area contributed by atoms with Crippen LogP contribution in [0, 0.1) is 5.92 Å². The van der Waals surface area contributed by atoms with Gasteiger partial charge >= 0.3 is 5.97 Å². The number of amidine groups is 1. The third kappa shape index (κ3) is 5.80. The molecule has 2 aliphatic rings. The Labute approximate surface area is 203 Å². The quantitative estimate of drug-likeness (QED) is 0.426. The number of nitrogens with zero attached hydrogens (tertiary/aromatic N) is 2. The summed E-state index contributed by atoms with van der Waals surface area (Å²) in [7, 11) is 1.59. The third-order valence-corrected chi connectivity index (χ3v) is 6.69. The Kier molecular flexibility index (Phi) is 7.90. The fourth-order valence-corrected chi connectivity index (χ4v) is 4.86. The smallest absolute Gasteiger partial charge is 0.310 e. The summed E-state index contributed by atoms with van der Waals surface area (Å²) in [6, 6.07) is 15.5. The maximum absolute atomic E-state index is 12.6. The Hall–Kier alpha value is -3.26. The Bertz CT molecular complexity index is 1100. The lowest BCUT2D eigenvalue weighted by molar-refractivity contribution is -0.149. The van der Waals surface area contributed by atoms with E-state index in [2.05, 4.69) is 4.99 Å². The van der Waals surface area contributed by atoms with Crippen LogP contribution < -0.4 is 9.47 Å². The number of methoxy groups -OCH3 is 1. The van der Waals surface area contributed by atoms with Crippen molar-refractivity contribution >= 4 is 34.9 Å². The fourth-order valence-electron chi connectivity index (χ4n) is 3.92. The molecule has 0 aromatic heterocycles. The summed E-state index contributed by atoms with van der Waals surface area (Å²) in [4.78, 5) is 31.5. The standard InChI is InChI=1S/C26H28N2O5S/c1-3-32-25(30)20-10-7-13-28(16-20)26-27-24(29)23(34-26)15-19-11-12-21(22(14-19)31-2)33-17-18-8-5-4-6-9-18/h4-6,8-9,11-12,14-15,20H,3,7,10,13,16-17H2,1-2H3. The van der Waals surface area contributed by atoms with E-state index in [0.717, 1.165) is 30.5 Å². The summed E-state index contributed by atoms with van der Waals surface area (Å²) < 4.78 is 16.6. The molecule has 178 valence electrons. The molecule has 0 radical (unpaired) electrons. The van der Waals surface area contributed by atoms with Crippen LogP contribution in [0.25, 0.3) is 6.08 Å². The molecule has 0 saturated carbocycles. The van der Waals surface area contributed by atoms with Crippen molar-refractivity contribution in [3.8, 4) is 11.5 Å². The van der Waals surface area contributed by atoms with Crippen LogP contribution >= 0.6 is 11.8 Å². The normalized spacial score (nSPS) is 19.2. The van der Waals surface area contributed by atoms with Crippen LogP contribution in [0.1, 0.15) is 30.9 Å². The number of hydrogen-bond donors (Lipinski definition) is 0. The molecule has 2 aromatic carbocycles. The van der Waals surface area contributed by atoms with Gasteiger partial charge in [0.05, 0.1) is 24.5 Å². The molecular formula is C26H28N2O5S. The first-order chi connectivity index (χ1) is 16.6. The lowest BCUT2D eigenvalue weighted by Crippen LogP contribution is -2.41. The largest absolute Gasteiger partial charge is 0.493 e. The van der Waals surface area contributed by atoms with Crippen molar-refractivity contribution in [2.24, 2.45) is 10.9 Å². The van der Waals surface area contributed by atoms with Crippen molar-refractivity contribution in [3.63, 3.8) is 0 Å². The third-order valence-electron chi connectivity index (χ3n) is 5.64. The molecule has 0 aliphatic carbocycles.